The Bertz CT molecular complexity index is 1700. The minimum Gasteiger partial charge on any atom is -0.489 e. The average Bonchev–Trinajstić information content (AvgIpc) is 3.59. The van der Waals surface area contributed by atoms with Gasteiger partial charge >= 0.3 is 5.97 Å². The van der Waals surface area contributed by atoms with E-state index in [0.717, 1.165) is 5.56 Å². The van der Waals surface area contributed by atoms with Crippen molar-refractivity contribution < 1.29 is 27.5 Å². The van der Waals surface area contributed by atoms with Gasteiger partial charge in [0.15, 0.2) is 15.7 Å². The Morgan fingerprint density at radius 2 is 1.89 bits per heavy atom. The zero-order valence-corrected chi connectivity index (χ0v) is 26.6. The van der Waals surface area contributed by atoms with Crippen LogP contribution in [0.1, 0.15) is 50.0 Å². The van der Waals surface area contributed by atoms with Crippen molar-refractivity contribution >= 4 is 56.5 Å². The fraction of sp³-hybridized carbons (Fsp3) is 0.400. The van der Waals surface area contributed by atoms with Crippen LogP contribution in [0.3, 0.4) is 0 Å². The highest BCUT2D eigenvalue weighted by Crippen LogP contribution is 2.38. The summed E-state index contributed by atoms with van der Waals surface area (Å²) in [5.74, 6) is 0.348. The van der Waals surface area contributed by atoms with Crippen LogP contribution in [0.25, 0.3) is 0 Å². The third-order valence-corrected chi connectivity index (χ3v) is 9.98. The molecule has 234 valence electrons. The minimum atomic E-state index is -3.59. The van der Waals surface area contributed by atoms with Crippen molar-refractivity contribution in [3.05, 3.63) is 58.7 Å². The molecule has 12 nitrogen and oxygen atoms in total. The average molecular weight is 643 g/mol. The van der Waals surface area contributed by atoms with Crippen LogP contribution < -0.4 is 20.7 Å². The number of methoxy groups -OCH3 is 1. The van der Waals surface area contributed by atoms with Gasteiger partial charge in [-0.2, -0.15) is 4.98 Å². The van der Waals surface area contributed by atoms with Crippen molar-refractivity contribution in [2.75, 3.05) is 24.3 Å². The van der Waals surface area contributed by atoms with Crippen molar-refractivity contribution in [3.63, 3.8) is 0 Å². The number of hydrogen-bond donors (Lipinski definition) is 3. The van der Waals surface area contributed by atoms with Crippen LogP contribution in [-0.4, -0.2) is 72.3 Å². The predicted octanol–water partition coefficient (Wildman–Crippen LogP) is 4.45. The molecule has 1 aromatic heterocycles. The van der Waals surface area contributed by atoms with Gasteiger partial charge in [-0.1, -0.05) is 23.7 Å². The summed E-state index contributed by atoms with van der Waals surface area (Å²) in [6.45, 7) is 7.90. The van der Waals surface area contributed by atoms with Gasteiger partial charge in [-0.05, 0) is 63.9 Å². The van der Waals surface area contributed by atoms with Crippen molar-refractivity contribution in [1.82, 2.24) is 20.2 Å². The number of esters is 1. The van der Waals surface area contributed by atoms with Gasteiger partial charge in [0.1, 0.15) is 16.8 Å². The minimum absolute atomic E-state index is 0.129. The van der Waals surface area contributed by atoms with Crippen molar-refractivity contribution in [1.29, 1.82) is 0 Å². The molecule has 5 rings (SSSR count). The van der Waals surface area contributed by atoms with Crippen LogP contribution in [0.4, 0.5) is 23.1 Å². The fourth-order valence-corrected chi connectivity index (χ4v) is 6.56. The van der Waals surface area contributed by atoms with E-state index in [1.807, 2.05) is 19.9 Å². The molecule has 1 saturated heterocycles. The molecule has 0 saturated carbocycles. The summed E-state index contributed by atoms with van der Waals surface area (Å²) in [7, 11) is -2.25. The number of amides is 1. The Labute approximate surface area is 261 Å². The monoisotopic (exact) mass is 642 g/mol. The first kappa shape index (κ1) is 31.5. The fourth-order valence-electron chi connectivity index (χ4n) is 5.22. The van der Waals surface area contributed by atoms with E-state index in [2.05, 4.69) is 25.9 Å². The summed E-state index contributed by atoms with van der Waals surface area (Å²) in [6.07, 6.45) is 1.69. The molecule has 3 N–H and O–H groups in total. The second-order valence-electron chi connectivity index (χ2n) is 11.2. The third kappa shape index (κ3) is 6.30. The largest absolute Gasteiger partial charge is 0.489 e. The SMILES string of the molecule is COC(=O)C1C[C@@H](N2Cc3cc(OC(C)C)c(Nc4ncc(Cl)c(Nc5ccccc5S(=O)(=O)C(C)C)n4)cc3C2=O)CN1. The molecule has 44 heavy (non-hydrogen) atoms. The van der Waals surface area contributed by atoms with Gasteiger partial charge in [0.25, 0.3) is 5.91 Å². The van der Waals surface area contributed by atoms with E-state index in [9.17, 15) is 18.0 Å². The normalized spacial score (nSPS) is 18.1. The molecular formula is C30H35ClN6O6S. The number of fused-ring (bicyclic) bond motifs is 1. The lowest BCUT2D eigenvalue weighted by Crippen LogP contribution is -2.36. The molecule has 1 unspecified atom stereocenters. The van der Waals surface area contributed by atoms with Gasteiger partial charge in [0.2, 0.25) is 5.95 Å². The summed E-state index contributed by atoms with van der Waals surface area (Å²) in [4.78, 5) is 36.2. The first-order valence-corrected chi connectivity index (χ1v) is 16.2. The first-order chi connectivity index (χ1) is 20.9. The van der Waals surface area contributed by atoms with E-state index >= 15 is 0 Å². The predicted molar refractivity (Wildman–Crippen MR) is 167 cm³/mol. The maximum Gasteiger partial charge on any atom is 0.322 e. The molecule has 3 aromatic rings. The Morgan fingerprint density at radius 1 is 1.14 bits per heavy atom. The quantitative estimate of drug-likeness (QED) is 0.269. The number of anilines is 4. The van der Waals surface area contributed by atoms with Crippen LogP contribution in [-0.2, 0) is 25.9 Å². The smallest absolute Gasteiger partial charge is 0.322 e. The van der Waals surface area contributed by atoms with Crippen LogP contribution in [0.2, 0.25) is 5.02 Å². The second kappa shape index (κ2) is 12.6. The zero-order valence-electron chi connectivity index (χ0n) is 25.0. The molecule has 2 aliphatic heterocycles. The summed E-state index contributed by atoms with van der Waals surface area (Å²) in [5.41, 5.74) is 2.11. The highest BCUT2D eigenvalue weighted by atomic mass is 35.5. The number of carbonyl (C=O) groups is 2. The summed E-state index contributed by atoms with van der Waals surface area (Å²) in [5, 5.41) is 8.89. The molecule has 0 spiro atoms. The van der Waals surface area contributed by atoms with Crippen molar-refractivity contribution in [2.45, 2.75) is 69.0 Å². The maximum atomic E-state index is 13.5. The summed E-state index contributed by atoms with van der Waals surface area (Å²) < 4.78 is 36.9. The number of aromatic nitrogens is 2. The number of benzene rings is 2. The van der Waals surface area contributed by atoms with Gasteiger partial charge in [0.05, 0.1) is 40.9 Å². The van der Waals surface area contributed by atoms with E-state index in [4.69, 9.17) is 21.1 Å². The van der Waals surface area contributed by atoms with Crippen LogP contribution in [0.15, 0.2) is 47.5 Å². The number of nitrogens with one attached hydrogen (secondary N) is 3. The standard InChI is InChI=1S/C30H35ClN6O6S/c1-16(2)43-25-10-18-15-37(19-11-24(32-13-19)29(39)42-5)28(38)20(18)12-23(25)35-30-33-14-21(31)27(36-30)34-22-8-6-7-9-26(22)44(40,41)17(3)4/h6-10,12,14,16-17,19,24,32H,11,13,15H2,1-5H3,(H2,33,34,35,36)/t19-,24?/m1/s1. The number of ether oxygens (including phenoxy) is 2. The molecule has 1 amide bonds. The number of rotatable bonds is 10. The topological polar surface area (TPSA) is 152 Å². The molecular weight excluding hydrogens is 608 g/mol. The Morgan fingerprint density at radius 3 is 2.59 bits per heavy atom. The van der Waals surface area contributed by atoms with Gasteiger partial charge in [-0.25, -0.2) is 13.4 Å². The zero-order chi connectivity index (χ0) is 31.8. The van der Waals surface area contributed by atoms with Gasteiger partial charge in [0, 0.05) is 24.7 Å². The van der Waals surface area contributed by atoms with E-state index in [-0.39, 0.29) is 45.7 Å². The molecule has 0 bridgehead atoms. The highest BCUT2D eigenvalue weighted by molar-refractivity contribution is 7.92. The lowest BCUT2D eigenvalue weighted by molar-refractivity contribution is -0.142. The molecule has 1 fully saturated rings. The van der Waals surface area contributed by atoms with Crippen molar-refractivity contribution in [2.24, 2.45) is 0 Å². The number of sulfone groups is 1. The summed E-state index contributed by atoms with van der Waals surface area (Å²) in [6, 6.07) is 9.46. The van der Waals surface area contributed by atoms with E-state index in [0.29, 0.717) is 42.2 Å². The van der Waals surface area contributed by atoms with E-state index in [1.54, 1.807) is 43.0 Å². The van der Waals surface area contributed by atoms with Crippen molar-refractivity contribution in [3.8, 4) is 5.75 Å². The van der Waals surface area contributed by atoms with E-state index < -0.39 is 21.1 Å². The molecule has 0 aliphatic carbocycles. The van der Waals surface area contributed by atoms with Gasteiger partial charge < -0.3 is 30.3 Å². The van der Waals surface area contributed by atoms with Crippen LogP contribution in [0, 0.1) is 0 Å². The second-order valence-corrected chi connectivity index (χ2v) is 14.1. The Kier molecular flexibility index (Phi) is 9.00. The first-order valence-electron chi connectivity index (χ1n) is 14.2. The highest BCUT2D eigenvalue weighted by Gasteiger charge is 2.40. The Hall–Kier alpha value is -3.94. The lowest BCUT2D eigenvalue weighted by atomic mass is 10.1. The number of halogens is 1. The Balaban J connectivity index is 1.43. The molecule has 2 aromatic carbocycles. The van der Waals surface area contributed by atoms with Crippen LogP contribution in [0.5, 0.6) is 5.75 Å². The summed E-state index contributed by atoms with van der Waals surface area (Å²) >= 11 is 6.42. The van der Waals surface area contributed by atoms with Gasteiger partial charge in [-0.3, -0.25) is 9.59 Å². The number of carbonyl (C=O) groups excluding carboxylic acids is 2. The lowest BCUT2D eigenvalue weighted by Gasteiger charge is -2.22. The van der Waals surface area contributed by atoms with E-state index in [1.165, 1.54) is 19.4 Å². The number of hydrogen-bond acceptors (Lipinski definition) is 11. The molecule has 2 atom stereocenters. The van der Waals surface area contributed by atoms with Gasteiger partial charge in [-0.15, -0.1) is 0 Å². The molecule has 3 heterocycles. The molecule has 0 radical (unpaired) electrons. The number of para-hydroxylation sites is 1. The molecule has 2 aliphatic rings. The third-order valence-electron chi connectivity index (χ3n) is 7.49. The van der Waals surface area contributed by atoms with Crippen LogP contribution >= 0.6 is 11.6 Å². The maximum absolute atomic E-state index is 13.5. The number of nitrogens with zero attached hydrogens (tertiary/aromatic N) is 3. The molecule has 14 heteroatoms.